The maximum absolute atomic E-state index is 12.4. The molecule has 0 radical (unpaired) electrons. The van der Waals surface area contributed by atoms with Crippen molar-refractivity contribution in [3.05, 3.63) is 11.3 Å². The third kappa shape index (κ3) is 5.08. The van der Waals surface area contributed by atoms with Crippen LogP contribution in [-0.2, 0) is 14.3 Å². The van der Waals surface area contributed by atoms with Gasteiger partial charge in [0, 0.05) is 23.9 Å². The zero-order chi connectivity index (χ0) is 21.0. The lowest BCUT2D eigenvalue weighted by molar-refractivity contribution is -0.139. The molecule has 1 aliphatic heterocycles. The number of carbonyl (C=O) groups is 3. The number of esters is 1. The van der Waals surface area contributed by atoms with Gasteiger partial charge in [-0.05, 0) is 26.2 Å². The van der Waals surface area contributed by atoms with Gasteiger partial charge in [-0.3, -0.25) is 9.69 Å². The Morgan fingerprint density at radius 3 is 2.66 bits per heavy atom. The second kappa shape index (κ2) is 9.57. The average Bonchev–Trinajstić information content (AvgIpc) is 3.43. The first kappa shape index (κ1) is 21.6. The van der Waals surface area contributed by atoms with E-state index in [0.29, 0.717) is 39.3 Å². The fourth-order valence-corrected chi connectivity index (χ4v) is 4.94. The summed E-state index contributed by atoms with van der Waals surface area (Å²) in [4.78, 5) is 38.4. The van der Waals surface area contributed by atoms with Crippen LogP contribution in [0.2, 0.25) is 0 Å². The van der Waals surface area contributed by atoms with Crippen LogP contribution in [0, 0.1) is 0 Å². The van der Waals surface area contributed by atoms with E-state index < -0.39 is 12.0 Å². The summed E-state index contributed by atoms with van der Waals surface area (Å²) in [7, 11) is 0. The highest BCUT2D eigenvalue weighted by Crippen LogP contribution is 2.36. The van der Waals surface area contributed by atoms with Crippen LogP contribution in [0.1, 0.15) is 46.5 Å². The first-order valence-corrected chi connectivity index (χ1v) is 11.5. The Morgan fingerprint density at radius 1 is 1.28 bits per heavy atom. The lowest BCUT2D eigenvalue weighted by Crippen LogP contribution is -2.50. The van der Waals surface area contributed by atoms with Gasteiger partial charge < -0.3 is 15.4 Å². The van der Waals surface area contributed by atoms with Gasteiger partial charge in [0.15, 0.2) is 4.34 Å². The zero-order valence-electron chi connectivity index (χ0n) is 16.7. The van der Waals surface area contributed by atoms with Crippen LogP contribution in [0.4, 0.5) is 9.93 Å². The quantitative estimate of drug-likeness (QED) is 0.345. The second-order valence-electron chi connectivity index (χ2n) is 6.66. The predicted molar refractivity (Wildman–Crippen MR) is 111 cm³/mol. The number of nitrogens with zero attached hydrogens (tertiary/aromatic N) is 3. The van der Waals surface area contributed by atoms with Crippen LogP contribution >= 0.6 is 23.1 Å². The maximum Gasteiger partial charge on any atom is 0.337 e. The highest BCUT2D eigenvalue weighted by Gasteiger charge is 2.35. The first-order chi connectivity index (χ1) is 14.0. The summed E-state index contributed by atoms with van der Waals surface area (Å²) in [5.74, 6) is -0.0459. The minimum Gasteiger partial charge on any atom is -0.463 e. The van der Waals surface area contributed by atoms with Gasteiger partial charge in [0.1, 0.15) is 0 Å². The molecule has 0 bridgehead atoms. The molecule has 1 aromatic heterocycles. The van der Waals surface area contributed by atoms with Crippen LogP contribution in [0.5, 0.6) is 0 Å². The number of ether oxygens (including phenoxy) is 1. The summed E-state index contributed by atoms with van der Waals surface area (Å²) in [5.41, 5.74) is 0.955. The van der Waals surface area contributed by atoms with Crippen LogP contribution in [-0.4, -0.2) is 52.5 Å². The number of anilines is 1. The SMILES string of the molecule is CCOC(=O)C1=C(CSc2nnc(N(C(=O)CC)C3CC3)s2)NC(=O)NC1CC. The number of thioether (sulfide) groups is 1. The van der Waals surface area contributed by atoms with Crippen molar-refractivity contribution in [2.24, 2.45) is 0 Å². The average molecular weight is 440 g/mol. The molecule has 0 aromatic carbocycles. The van der Waals surface area contributed by atoms with Crippen molar-refractivity contribution in [2.75, 3.05) is 17.3 Å². The molecule has 1 saturated carbocycles. The molecule has 2 aliphatic rings. The largest absolute Gasteiger partial charge is 0.463 e. The lowest BCUT2D eigenvalue weighted by atomic mass is 10.0. The fraction of sp³-hybridized carbons (Fsp3) is 0.611. The molecular weight excluding hydrogens is 414 g/mol. The minimum atomic E-state index is -0.436. The summed E-state index contributed by atoms with van der Waals surface area (Å²) in [6.45, 7) is 5.74. The van der Waals surface area contributed by atoms with Gasteiger partial charge in [-0.2, -0.15) is 0 Å². The molecule has 2 heterocycles. The number of carbonyl (C=O) groups excluding carboxylic acids is 3. The molecule has 0 saturated heterocycles. The third-order valence-corrected chi connectivity index (χ3v) is 6.65. The van der Waals surface area contributed by atoms with Crippen LogP contribution in [0.25, 0.3) is 0 Å². The smallest absolute Gasteiger partial charge is 0.337 e. The molecule has 29 heavy (non-hydrogen) atoms. The number of nitrogens with one attached hydrogen (secondary N) is 2. The van der Waals surface area contributed by atoms with E-state index in [4.69, 9.17) is 4.74 Å². The summed E-state index contributed by atoms with van der Waals surface area (Å²) >= 11 is 2.72. The predicted octanol–water partition coefficient (Wildman–Crippen LogP) is 2.44. The number of amides is 3. The van der Waals surface area contributed by atoms with E-state index in [1.54, 1.807) is 11.8 Å². The number of urea groups is 1. The van der Waals surface area contributed by atoms with Crippen molar-refractivity contribution in [1.29, 1.82) is 0 Å². The molecule has 1 aromatic rings. The highest BCUT2D eigenvalue weighted by atomic mass is 32.2. The van der Waals surface area contributed by atoms with Gasteiger partial charge in [-0.25, -0.2) is 9.59 Å². The second-order valence-corrected chi connectivity index (χ2v) is 8.84. The van der Waals surface area contributed by atoms with E-state index in [1.165, 1.54) is 23.1 Å². The normalized spacial score (nSPS) is 18.9. The molecule has 1 unspecified atom stereocenters. The number of hydrogen-bond acceptors (Lipinski definition) is 8. The Hall–Kier alpha value is -2.14. The zero-order valence-corrected chi connectivity index (χ0v) is 18.3. The van der Waals surface area contributed by atoms with E-state index in [0.717, 1.165) is 12.8 Å². The Morgan fingerprint density at radius 2 is 2.03 bits per heavy atom. The van der Waals surface area contributed by atoms with Crippen LogP contribution in [0.3, 0.4) is 0 Å². The lowest BCUT2D eigenvalue weighted by Gasteiger charge is -2.28. The number of aromatic nitrogens is 2. The van der Waals surface area contributed by atoms with Crippen molar-refractivity contribution in [3.63, 3.8) is 0 Å². The van der Waals surface area contributed by atoms with Gasteiger partial charge >= 0.3 is 12.0 Å². The fourth-order valence-electron chi connectivity index (χ4n) is 3.04. The van der Waals surface area contributed by atoms with Crippen LogP contribution in [0.15, 0.2) is 15.6 Å². The van der Waals surface area contributed by atoms with E-state index in [2.05, 4.69) is 20.8 Å². The number of hydrogen-bond donors (Lipinski definition) is 2. The van der Waals surface area contributed by atoms with E-state index in [1.807, 2.05) is 13.8 Å². The molecule has 158 valence electrons. The Labute approximate surface area is 177 Å². The van der Waals surface area contributed by atoms with Crippen LogP contribution < -0.4 is 15.5 Å². The van der Waals surface area contributed by atoms with Crippen molar-refractivity contribution < 1.29 is 19.1 Å². The highest BCUT2D eigenvalue weighted by molar-refractivity contribution is 8.01. The molecule has 2 N–H and O–H groups in total. The van der Waals surface area contributed by atoms with Gasteiger partial charge in [-0.1, -0.05) is 36.9 Å². The summed E-state index contributed by atoms with van der Waals surface area (Å²) in [6, 6.07) is -0.511. The Bertz CT molecular complexity index is 821. The Kier molecular flexibility index (Phi) is 7.12. The molecule has 1 aliphatic carbocycles. The van der Waals surface area contributed by atoms with E-state index >= 15 is 0 Å². The molecule has 9 nitrogen and oxygen atoms in total. The monoisotopic (exact) mass is 439 g/mol. The first-order valence-electron chi connectivity index (χ1n) is 9.74. The molecule has 3 amide bonds. The van der Waals surface area contributed by atoms with Gasteiger partial charge in [-0.15, -0.1) is 10.2 Å². The Balaban J connectivity index is 1.76. The van der Waals surface area contributed by atoms with Crippen molar-refractivity contribution in [1.82, 2.24) is 20.8 Å². The van der Waals surface area contributed by atoms with Crippen molar-refractivity contribution >= 4 is 46.1 Å². The maximum atomic E-state index is 12.4. The van der Waals surface area contributed by atoms with E-state index in [-0.39, 0.29) is 24.6 Å². The summed E-state index contributed by atoms with van der Waals surface area (Å²) in [6.07, 6.45) is 2.97. The molecule has 3 rings (SSSR count). The molecule has 1 fully saturated rings. The topological polar surface area (TPSA) is 114 Å². The molecular formula is C18H25N5O4S2. The summed E-state index contributed by atoms with van der Waals surface area (Å²) < 4.78 is 5.84. The van der Waals surface area contributed by atoms with Crippen molar-refractivity contribution in [3.8, 4) is 0 Å². The third-order valence-electron chi connectivity index (χ3n) is 4.57. The van der Waals surface area contributed by atoms with Gasteiger partial charge in [0.2, 0.25) is 11.0 Å². The number of rotatable bonds is 9. The standard InChI is InChI=1S/C18H25N5O4S2/c1-4-11-14(15(25)27-6-3)12(20-16(26)19-11)9-28-18-22-21-17(29-18)23(10-7-8-10)13(24)5-2/h10-11H,4-9H2,1-3H3,(H2,19,20,26). The molecule has 1 atom stereocenters. The molecule has 11 heteroatoms. The van der Waals surface area contributed by atoms with Crippen molar-refractivity contribution in [2.45, 2.75) is 62.9 Å². The van der Waals surface area contributed by atoms with E-state index in [9.17, 15) is 14.4 Å². The summed E-state index contributed by atoms with van der Waals surface area (Å²) in [5, 5.41) is 14.4. The minimum absolute atomic E-state index is 0.0453. The van der Waals surface area contributed by atoms with Gasteiger partial charge in [0.05, 0.1) is 18.2 Å². The van der Waals surface area contributed by atoms with Gasteiger partial charge in [0.25, 0.3) is 0 Å². The molecule has 0 spiro atoms.